The van der Waals surface area contributed by atoms with Crippen molar-refractivity contribution in [3.63, 3.8) is 0 Å². The largest absolute Gasteiger partial charge is 0.456 e. The number of fused-ring (bicyclic) bond motifs is 3. The van der Waals surface area contributed by atoms with Gasteiger partial charge >= 0.3 is 0 Å². The van der Waals surface area contributed by atoms with Gasteiger partial charge in [-0.15, -0.1) is 0 Å². The number of hydrogen-bond donors (Lipinski definition) is 0. The molecule has 6 aromatic carbocycles. The second kappa shape index (κ2) is 10.8. The maximum atomic E-state index is 6.34. The SMILES string of the molecule is Cc1cccc(-c2ccc3oc4cccc(-c5cccc(-c6nc(-c7ccccc7)nc(-c7ccccc7)n6)c5)c4c3c2)c1. The average molecular weight is 566 g/mol. The molecule has 4 nitrogen and oxygen atoms in total. The molecule has 0 aliphatic rings. The lowest BCUT2D eigenvalue weighted by Gasteiger charge is -2.10. The summed E-state index contributed by atoms with van der Waals surface area (Å²) in [5.74, 6) is 1.92. The molecule has 8 rings (SSSR count). The predicted molar refractivity (Wildman–Crippen MR) is 179 cm³/mol. The van der Waals surface area contributed by atoms with E-state index in [1.807, 2.05) is 66.7 Å². The van der Waals surface area contributed by atoms with Crippen molar-refractivity contribution < 1.29 is 4.42 Å². The summed E-state index contributed by atoms with van der Waals surface area (Å²) in [4.78, 5) is 14.7. The molecule has 0 fully saturated rings. The summed E-state index contributed by atoms with van der Waals surface area (Å²) in [6.07, 6.45) is 0. The van der Waals surface area contributed by atoms with Gasteiger partial charge in [-0.25, -0.2) is 15.0 Å². The maximum absolute atomic E-state index is 6.34. The first kappa shape index (κ1) is 25.8. The zero-order valence-electron chi connectivity index (χ0n) is 24.1. The molecular weight excluding hydrogens is 538 g/mol. The van der Waals surface area contributed by atoms with Gasteiger partial charge < -0.3 is 4.42 Å². The van der Waals surface area contributed by atoms with Crippen LogP contribution in [0, 0.1) is 6.92 Å². The van der Waals surface area contributed by atoms with Crippen LogP contribution in [0.3, 0.4) is 0 Å². The van der Waals surface area contributed by atoms with Gasteiger partial charge in [-0.05, 0) is 53.4 Å². The van der Waals surface area contributed by atoms with Crippen molar-refractivity contribution >= 4 is 21.9 Å². The van der Waals surface area contributed by atoms with Gasteiger partial charge in [0.2, 0.25) is 0 Å². The summed E-state index contributed by atoms with van der Waals surface area (Å²) in [5, 5.41) is 2.19. The van der Waals surface area contributed by atoms with Gasteiger partial charge in [-0.2, -0.15) is 0 Å². The molecule has 0 saturated heterocycles. The fraction of sp³-hybridized carbons (Fsp3) is 0.0250. The molecule has 0 bridgehead atoms. The normalized spacial score (nSPS) is 11.3. The molecule has 0 spiro atoms. The average Bonchev–Trinajstić information content (AvgIpc) is 3.47. The maximum Gasteiger partial charge on any atom is 0.164 e. The molecule has 4 heteroatoms. The molecule has 0 saturated carbocycles. The van der Waals surface area contributed by atoms with Gasteiger partial charge in [0.15, 0.2) is 17.5 Å². The zero-order chi connectivity index (χ0) is 29.5. The van der Waals surface area contributed by atoms with Crippen LogP contribution in [0.5, 0.6) is 0 Å². The van der Waals surface area contributed by atoms with Crippen LogP contribution in [0.2, 0.25) is 0 Å². The minimum Gasteiger partial charge on any atom is -0.456 e. The topological polar surface area (TPSA) is 51.8 Å². The molecule has 8 aromatic rings. The van der Waals surface area contributed by atoms with Gasteiger partial charge in [-0.1, -0.05) is 127 Å². The molecule has 0 unspecified atom stereocenters. The fourth-order valence-corrected chi connectivity index (χ4v) is 5.84. The highest BCUT2D eigenvalue weighted by atomic mass is 16.3. The number of rotatable bonds is 5. The summed E-state index contributed by atoms with van der Waals surface area (Å²) >= 11 is 0. The predicted octanol–water partition coefficient (Wildman–Crippen LogP) is 10.4. The molecule has 0 aliphatic carbocycles. The van der Waals surface area contributed by atoms with E-state index in [4.69, 9.17) is 19.4 Å². The van der Waals surface area contributed by atoms with E-state index in [-0.39, 0.29) is 0 Å². The minimum absolute atomic E-state index is 0.630. The van der Waals surface area contributed by atoms with E-state index < -0.39 is 0 Å². The highest BCUT2D eigenvalue weighted by molar-refractivity contribution is 6.13. The van der Waals surface area contributed by atoms with Crippen molar-refractivity contribution in [2.75, 3.05) is 0 Å². The Morgan fingerprint density at radius 1 is 0.409 bits per heavy atom. The van der Waals surface area contributed by atoms with Gasteiger partial charge in [0.05, 0.1) is 0 Å². The Hall–Kier alpha value is -5.87. The van der Waals surface area contributed by atoms with E-state index in [1.165, 1.54) is 16.7 Å². The van der Waals surface area contributed by atoms with E-state index in [2.05, 4.69) is 85.8 Å². The van der Waals surface area contributed by atoms with E-state index in [9.17, 15) is 0 Å². The van der Waals surface area contributed by atoms with Gasteiger partial charge in [0, 0.05) is 27.5 Å². The van der Waals surface area contributed by atoms with Crippen LogP contribution in [0.4, 0.5) is 0 Å². The van der Waals surface area contributed by atoms with E-state index in [1.54, 1.807) is 0 Å². The summed E-state index contributed by atoms with van der Waals surface area (Å²) in [7, 11) is 0. The molecule has 44 heavy (non-hydrogen) atoms. The van der Waals surface area contributed by atoms with Gasteiger partial charge in [-0.3, -0.25) is 0 Å². The van der Waals surface area contributed by atoms with Crippen molar-refractivity contribution in [3.05, 3.63) is 151 Å². The Kier molecular flexibility index (Phi) is 6.31. The quantitative estimate of drug-likeness (QED) is 0.208. The Morgan fingerprint density at radius 2 is 0.977 bits per heavy atom. The van der Waals surface area contributed by atoms with Crippen molar-refractivity contribution in [2.24, 2.45) is 0 Å². The zero-order valence-corrected chi connectivity index (χ0v) is 24.1. The number of nitrogens with zero attached hydrogens (tertiary/aromatic N) is 3. The Labute approximate surface area is 255 Å². The third kappa shape index (κ3) is 4.73. The summed E-state index contributed by atoms with van der Waals surface area (Å²) in [5.41, 5.74) is 10.3. The highest BCUT2D eigenvalue weighted by Gasteiger charge is 2.16. The summed E-state index contributed by atoms with van der Waals surface area (Å²) < 4.78 is 6.34. The molecule has 0 radical (unpaired) electrons. The third-order valence-corrected chi connectivity index (χ3v) is 7.98. The van der Waals surface area contributed by atoms with Crippen LogP contribution >= 0.6 is 0 Å². The monoisotopic (exact) mass is 565 g/mol. The van der Waals surface area contributed by atoms with Crippen molar-refractivity contribution in [1.29, 1.82) is 0 Å². The van der Waals surface area contributed by atoms with Crippen LogP contribution in [0.15, 0.2) is 150 Å². The summed E-state index contributed by atoms with van der Waals surface area (Å²) in [6, 6.07) is 49.9. The van der Waals surface area contributed by atoms with Crippen molar-refractivity contribution in [2.45, 2.75) is 6.92 Å². The minimum atomic E-state index is 0.630. The molecule has 208 valence electrons. The first-order valence-electron chi connectivity index (χ1n) is 14.7. The lowest BCUT2D eigenvalue weighted by Crippen LogP contribution is -2.00. The lowest BCUT2D eigenvalue weighted by atomic mass is 9.96. The van der Waals surface area contributed by atoms with Crippen molar-refractivity contribution in [3.8, 4) is 56.4 Å². The fourth-order valence-electron chi connectivity index (χ4n) is 5.84. The lowest BCUT2D eigenvalue weighted by molar-refractivity contribution is 0.669. The number of aryl methyl sites for hydroxylation is 1. The van der Waals surface area contributed by atoms with Gasteiger partial charge in [0.1, 0.15) is 11.2 Å². The Bertz CT molecular complexity index is 2230. The standard InChI is InChI=1S/C40H27N3O/c1-26-11-8-16-29(23-26)30-21-22-35-34(25-30)37-33(19-10-20-36(37)44-35)31-17-9-18-32(24-31)40-42-38(27-12-4-2-5-13-27)41-39(43-40)28-14-6-3-7-15-28/h2-25H,1H3. The molecule has 0 atom stereocenters. The number of furan rings is 1. The van der Waals surface area contributed by atoms with E-state index in [0.29, 0.717) is 17.5 Å². The number of hydrogen-bond acceptors (Lipinski definition) is 4. The van der Waals surface area contributed by atoms with Gasteiger partial charge in [0.25, 0.3) is 0 Å². The molecule has 0 amide bonds. The Morgan fingerprint density at radius 3 is 1.68 bits per heavy atom. The van der Waals surface area contributed by atoms with E-state index >= 15 is 0 Å². The number of benzene rings is 6. The molecule has 0 N–H and O–H groups in total. The number of aromatic nitrogens is 3. The second-order valence-electron chi connectivity index (χ2n) is 11.0. The second-order valence-corrected chi connectivity index (χ2v) is 11.0. The first-order chi connectivity index (χ1) is 21.7. The first-order valence-corrected chi connectivity index (χ1v) is 14.7. The van der Waals surface area contributed by atoms with Crippen LogP contribution in [-0.2, 0) is 0 Å². The molecule has 0 aliphatic heterocycles. The highest BCUT2D eigenvalue weighted by Crippen LogP contribution is 2.39. The molecule has 2 aromatic heterocycles. The third-order valence-electron chi connectivity index (χ3n) is 7.98. The van der Waals surface area contributed by atoms with Crippen LogP contribution < -0.4 is 0 Å². The Balaban J connectivity index is 1.29. The molecule has 2 heterocycles. The molecular formula is C40H27N3O. The van der Waals surface area contributed by atoms with Crippen LogP contribution in [0.25, 0.3) is 78.4 Å². The van der Waals surface area contributed by atoms with Crippen LogP contribution in [0.1, 0.15) is 5.56 Å². The van der Waals surface area contributed by atoms with Crippen LogP contribution in [-0.4, -0.2) is 15.0 Å². The summed E-state index contributed by atoms with van der Waals surface area (Å²) in [6.45, 7) is 2.12. The smallest absolute Gasteiger partial charge is 0.164 e. The van der Waals surface area contributed by atoms with E-state index in [0.717, 1.165) is 49.8 Å². The van der Waals surface area contributed by atoms with Crippen molar-refractivity contribution in [1.82, 2.24) is 15.0 Å².